The number of para-hydroxylation sites is 1. The maximum absolute atomic E-state index is 11.0. The highest BCUT2D eigenvalue weighted by Crippen LogP contribution is 2.28. The molecule has 0 aliphatic carbocycles. The van der Waals surface area contributed by atoms with Gasteiger partial charge in [0.1, 0.15) is 17.1 Å². The van der Waals surface area contributed by atoms with Crippen LogP contribution in [0.15, 0.2) is 55.7 Å². The summed E-state index contributed by atoms with van der Waals surface area (Å²) in [4.78, 5) is 11.0. The molecule has 4 rings (SSSR count). The zero-order valence-electron chi connectivity index (χ0n) is 15.8. The van der Waals surface area contributed by atoms with E-state index in [9.17, 15) is 4.79 Å². The highest BCUT2D eigenvalue weighted by molar-refractivity contribution is 7.99. The predicted molar refractivity (Wildman–Crippen MR) is 109 cm³/mol. The smallest absolute Gasteiger partial charge is 0.313 e. The summed E-state index contributed by atoms with van der Waals surface area (Å²) in [5.41, 5.74) is 2.41. The maximum atomic E-state index is 11.0. The van der Waals surface area contributed by atoms with E-state index in [4.69, 9.17) is 13.9 Å². The molecule has 9 heteroatoms. The Morgan fingerprint density at radius 2 is 2.14 bits per heavy atom. The van der Waals surface area contributed by atoms with Crippen LogP contribution in [0.1, 0.15) is 24.0 Å². The van der Waals surface area contributed by atoms with Crippen molar-refractivity contribution in [1.29, 1.82) is 0 Å². The van der Waals surface area contributed by atoms with Crippen molar-refractivity contribution in [1.82, 2.24) is 14.9 Å². The number of aromatic nitrogens is 3. The Balaban J connectivity index is 1.80. The molecule has 0 amide bonds. The molecule has 0 saturated carbocycles. The van der Waals surface area contributed by atoms with Crippen molar-refractivity contribution in [2.45, 2.75) is 25.4 Å². The summed E-state index contributed by atoms with van der Waals surface area (Å²) in [5, 5.41) is 23.3. The first-order chi connectivity index (χ1) is 14.1. The quantitative estimate of drug-likeness (QED) is 0.359. The van der Waals surface area contributed by atoms with E-state index >= 15 is 0 Å². The molecule has 0 aliphatic heterocycles. The minimum atomic E-state index is -0.941. The highest BCUT2D eigenvalue weighted by atomic mass is 32.2. The lowest BCUT2D eigenvalue weighted by molar-refractivity contribution is -0.133. The van der Waals surface area contributed by atoms with Crippen LogP contribution in [0.4, 0.5) is 0 Å². The molecule has 8 nitrogen and oxygen atoms in total. The zero-order valence-corrected chi connectivity index (χ0v) is 16.6. The van der Waals surface area contributed by atoms with Gasteiger partial charge in [0.05, 0.1) is 23.8 Å². The predicted octanol–water partition coefficient (Wildman–Crippen LogP) is 4.21. The Morgan fingerprint density at radius 1 is 1.31 bits per heavy atom. The fraction of sp³-hybridized carbons (Fsp3) is 0.200. The number of thioether (sulfide) groups is 1. The van der Waals surface area contributed by atoms with Gasteiger partial charge in [-0.25, -0.2) is 0 Å². The molecule has 29 heavy (non-hydrogen) atoms. The van der Waals surface area contributed by atoms with E-state index in [-0.39, 0.29) is 5.75 Å². The minimum Gasteiger partial charge on any atom is -0.481 e. The molecule has 0 spiro atoms. The molecule has 0 saturated heterocycles. The van der Waals surface area contributed by atoms with Crippen LogP contribution in [0.3, 0.4) is 0 Å². The van der Waals surface area contributed by atoms with Crippen LogP contribution in [0.2, 0.25) is 0 Å². The zero-order chi connectivity index (χ0) is 20.4. The molecule has 4 aromatic rings. The molecule has 3 aromatic heterocycles. The fourth-order valence-electron chi connectivity index (χ4n) is 3.01. The molecule has 1 aromatic carbocycles. The molecule has 0 fully saturated rings. The van der Waals surface area contributed by atoms with Gasteiger partial charge >= 0.3 is 5.97 Å². The molecule has 0 radical (unpaired) electrons. The molecular formula is C20H18N4O4S. The number of rotatable bonds is 7. The summed E-state index contributed by atoms with van der Waals surface area (Å²) in [6.45, 7) is 3.84. The number of aliphatic carboxylic acids is 1. The molecule has 1 N–H and O–H groups in total. The van der Waals surface area contributed by atoms with Gasteiger partial charge in [0, 0.05) is 17.4 Å². The minimum absolute atomic E-state index is 0.146. The average molecular weight is 410 g/mol. The molecule has 0 unspecified atom stereocenters. The van der Waals surface area contributed by atoms with E-state index in [0.717, 1.165) is 39.6 Å². The van der Waals surface area contributed by atoms with Crippen LogP contribution in [0.5, 0.6) is 0 Å². The standard InChI is InChI=1S/C20H18N4O4S/c1-3-16-15(14-6-4-5-7-17(14)28-16)10-21-24-19(13-8-9-27-12(13)2)22-23-20(24)29-11-18(25)26/h4-10H,3,11H2,1-2H3,(H,25,26)/b21-10-. The summed E-state index contributed by atoms with van der Waals surface area (Å²) in [6, 6.07) is 9.54. The van der Waals surface area contributed by atoms with Crippen molar-refractivity contribution in [3.63, 3.8) is 0 Å². The third-order valence-electron chi connectivity index (χ3n) is 4.37. The lowest BCUT2D eigenvalue weighted by Gasteiger charge is -2.03. The van der Waals surface area contributed by atoms with Crippen molar-refractivity contribution in [2.75, 3.05) is 5.75 Å². The second-order valence-electron chi connectivity index (χ2n) is 6.22. The molecule has 148 valence electrons. The molecule has 0 aliphatic rings. The van der Waals surface area contributed by atoms with Crippen LogP contribution in [0, 0.1) is 6.92 Å². The number of hydrogen-bond donors (Lipinski definition) is 1. The van der Waals surface area contributed by atoms with Crippen LogP contribution < -0.4 is 0 Å². The number of hydrogen-bond acceptors (Lipinski definition) is 7. The van der Waals surface area contributed by atoms with Crippen LogP contribution in [0.25, 0.3) is 22.4 Å². The van der Waals surface area contributed by atoms with E-state index in [2.05, 4.69) is 15.3 Å². The second kappa shape index (κ2) is 7.96. The number of benzene rings is 1. The SMILES string of the molecule is CCc1oc2ccccc2c1/C=N\n1c(SCC(=O)O)nnc1-c1ccoc1C. The molecular weight excluding hydrogens is 392 g/mol. The summed E-state index contributed by atoms with van der Waals surface area (Å²) in [6.07, 6.45) is 3.99. The molecule has 3 heterocycles. The highest BCUT2D eigenvalue weighted by Gasteiger charge is 2.19. The van der Waals surface area contributed by atoms with Gasteiger partial charge in [-0.1, -0.05) is 36.9 Å². The first kappa shape index (κ1) is 19.0. The van der Waals surface area contributed by atoms with Gasteiger partial charge in [-0.15, -0.1) is 10.2 Å². The Bertz CT molecular complexity index is 1200. The number of carbonyl (C=O) groups is 1. The van der Waals surface area contributed by atoms with Gasteiger partial charge in [0.2, 0.25) is 5.16 Å². The van der Waals surface area contributed by atoms with Crippen molar-refractivity contribution in [3.05, 3.63) is 53.7 Å². The van der Waals surface area contributed by atoms with Gasteiger partial charge in [-0.3, -0.25) is 4.79 Å². The van der Waals surface area contributed by atoms with Gasteiger partial charge in [0.25, 0.3) is 0 Å². The summed E-state index contributed by atoms with van der Waals surface area (Å²) >= 11 is 1.05. The Kier molecular flexibility index (Phi) is 5.22. The summed E-state index contributed by atoms with van der Waals surface area (Å²) in [7, 11) is 0. The Hall–Kier alpha value is -3.33. The van der Waals surface area contributed by atoms with Crippen LogP contribution in [-0.2, 0) is 11.2 Å². The number of nitrogens with zero attached hydrogens (tertiary/aromatic N) is 4. The Morgan fingerprint density at radius 3 is 2.86 bits per heavy atom. The largest absolute Gasteiger partial charge is 0.481 e. The number of carboxylic acid groups (broad SMARTS) is 1. The lowest BCUT2D eigenvalue weighted by Crippen LogP contribution is -2.02. The van der Waals surface area contributed by atoms with Gasteiger partial charge in [-0.05, 0) is 19.1 Å². The topological polar surface area (TPSA) is 107 Å². The van der Waals surface area contributed by atoms with E-state index in [1.807, 2.05) is 38.1 Å². The Labute approximate surface area is 170 Å². The number of furan rings is 2. The number of aryl methyl sites for hydroxylation is 2. The van der Waals surface area contributed by atoms with E-state index in [1.165, 1.54) is 4.68 Å². The van der Waals surface area contributed by atoms with Crippen molar-refractivity contribution in [2.24, 2.45) is 5.10 Å². The first-order valence-electron chi connectivity index (χ1n) is 8.97. The van der Waals surface area contributed by atoms with E-state index < -0.39 is 5.97 Å². The fourth-order valence-corrected chi connectivity index (χ4v) is 3.61. The van der Waals surface area contributed by atoms with E-state index in [1.54, 1.807) is 18.5 Å². The van der Waals surface area contributed by atoms with Gasteiger partial charge < -0.3 is 13.9 Å². The second-order valence-corrected chi connectivity index (χ2v) is 7.17. The normalized spacial score (nSPS) is 11.7. The van der Waals surface area contributed by atoms with Gasteiger partial charge in [0.15, 0.2) is 5.82 Å². The monoisotopic (exact) mass is 410 g/mol. The van der Waals surface area contributed by atoms with E-state index in [0.29, 0.717) is 23.2 Å². The number of carboxylic acids is 1. The van der Waals surface area contributed by atoms with Crippen molar-refractivity contribution in [3.8, 4) is 11.4 Å². The van der Waals surface area contributed by atoms with Crippen LogP contribution >= 0.6 is 11.8 Å². The third kappa shape index (κ3) is 3.68. The average Bonchev–Trinajstić information content (AvgIpc) is 3.40. The van der Waals surface area contributed by atoms with Crippen molar-refractivity contribution >= 4 is 34.9 Å². The van der Waals surface area contributed by atoms with Gasteiger partial charge in [-0.2, -0.15) is 9.78 Å². The first-order valence-corrected chi connectivity index (χ1v) is 9.96. The van der Waals surface area contributed by atoms with Crippen LogP contribution in [-0.4, -0.2) is 37.9 Å². The summed E-state index contributed by atoms with van der Waals surface area (Å²) in [5.74, 6) is 0.887. The lowest BCUT2D eigenvalue weighted by atomic mass is 10.1. The molecule has 0 bridgehead atoms. The maximum Gasteiger partial charge on any atom is 0.313 e. The van der Waals surface area contributed by atoms with Crippen molar-refractivity contribution < 1.29 is 18.7 Å². The summed E-state index contributed by atoms with van der Waals surface area (Å²) < 4.78 is 12.8. The third-order valence-corrected chi connectivity index (χ3v) is 5.27. The number of fused-ring (bicyclic) bond motifs is 1. The molecule has 0 atom stereocenters.